The first-order chi connectivity index (χ1) is 12.9. The van der Waals surface area contributed by atoms with E-state index in [0.29, 0.717) is 16.3 Å². The van der Waals surface area contributed by atoms with Crippen LogP contribution < -0.4 is 5.32 Å². The van der Waals surface area contributed by atoms with Gasteiger partial charge in [-0.1, -0.05) is 53.5 Å². The highest BCUT2D eigenvalue weighted by atomic mass is 35.5. The average Bonchev–Trinajstić information content (AvgIpc) is 2.65. The minimum Gasteiger partial charge on any atom is -0.506 e. The van der Waals surface area contributed by atoms with Crippen molar-refractivity contribution in [3.63, 3.8) is 0 Å². The zero-order valence-corrected chi connectivity index (χ0v) is 15.2. The molecule has 0 radical (unpaired) electrons. The molecule has 2 N–H and O–H groups in total. The predicted octanol–water partition coefficient (Wildman–Crippen LogP) is 5.53. The molecule has 0 heterocycles. The lowest BCUT2D eigenvalue weighted by Gasteiger charge is -2.11. The maximum Gasteiger partial charge on any atom is 0.271 e. The number of nitro benzene ring substituents is 1. The third-order valence-corrected chi connectivity index (χ3v) is 4.55. The summed E-state index contributed by atoms with van der Waals surface area (Å²) in [6.07, 6.45) is 0. The van der Waals surface area contributed by atoms with Gasteiger partial charge in [-0.15, -0.1) is 0 Å². The average molecular weight is 403 g/mol. The van der Waals surface area contributed by atoms with Crippen LogP contribution in [0.25, 0.3) is 11.1 Å². The second-order valence-corrected chi connectivity index (χ2v) is 6.41. The van der Waals surface area contributed by atoms with Crippen LogP contribution in [-0.2, 0) is 0 Å². The standard InChI is InChI=1S/C19H12Cl2N2O4/c20-16-7-6-12(8-17(16)21)22-19(25)15-10-13(23(26)27)9-14(18(15)24)11-4-2-1-3-5-11/h1-10,24H,(H,22,25). The van der Waals surface area contributed by atoms with Gasteiger partial charge in [-0.25, -0.2) is 0 Å². The molecule has 0 spiro atoms. The summed E-state index contributed by atoms with van der Waals surface area (Å²) in [5.41, 5.74) is 0.521. The van der Waals surface area contributed by atoms with Gasteiger partial charge in [0.1, 0.15) is 5.75 Å². The molecule has 3 aromatic carbocycles. The Morgan fingerprint density at radius 3 is 2.33 bits per heavy atom. The van der Waals surface area contributed by atoms with E-state index < -0.39 is 10.8 Å². The van der Waals surface area contributed by atoms with E-state index in [1.54, 1.807) is 30.3 Å². The van der Waals surface area contributed by atoms with Crippen molar-refractivity contribution in [3.05, 3.63) is 86.4 Å². The van der Waals surface area contributed by atoms with Gasteiger partial charge >= 0.3 is 0 Å². The number of rotatable bonds is 4. The highest BCUT2D eigenvalue weighted by Crippen LogP contribution is 2.36. The summed E-state index contributed by atoms with van der Waals surface area (Å²) in [7, 11) is 0. The monoisotopic (exact) mass is 402 g/mol. The quantitative estimate of drug-likeness (QED) is 0.443. The summed E-state index contributed by atoms with van der Waals surface area (Å²) in [5, 5.41) is 24.9. The first-order valence-electron chi connectivity index (χ1n) is 7.70. The first kappa shape index (κ1) is 18.7. The number of amides is 1. The number of carbonyl (C=O) groups is 1. The van der Waals surface area contributed by atoms with Crippen LogP contribution >= 0.6 is 23.2 Å². The van der Waals surface area contributed by atoms with Gasteiger partial charge in [0, 0.05) is 23.4 Å². The molecule has 6 nitrogen and oxygen atoms in total. The fourth-order valence-electron chi connectivity index (χ4n) is 2.51. The molecule has 0 aromatic heterocycles. The molecule has 0 saturated carbocycles. The van der Waals surface area contributed by atoms with Crippen LogP contribution in [0.3, 0.4) is 0 Å². The third kappa shape index (κ3) is 4.02. The summed E-state index contributed by atoms with van der Waals surface area (Å²) >= 11 is 11.8. The molecule has 0 saturated heterocycles. The number of phenols is 1. The smallest absolute Gasteiger partial charge is 0.271 e. The number of phenolic OH excluding ortho intramolecular Hbond substituents is 1. The van der Waals surface area contributed by atoms with Gasteiger partial charge in [-0.3, -0.25) is 14.9 Å². The molecule has 3 rings (SSSR count). The Hall–Kier alpha value is -3.09. The van der Waals surface area contributed by atoms with Crippen LogP contribution in [0.1, 0.15) is 10.4 Å². The molecule has 0 aliphatic carbocycles. The number of nitrogens with zero attached hydrogens (tertiary/aromatic N) is 1. The lowest BCUT2D eigenvalue weighted by molar-refractivity contribution is -0.384. The Morgan fingerprint density at radius 1 is 1.00 bits per heavy atom. The number of hydrogen-bond acceptors (Lipinski definition) is 4. The maximum atomic E-state index is 12.6. The molecule has 0 unspecified atom stereocenters. The number of nitrogens with one attached hydrogen (secondary N) is 1. The van der Waals surface area contributed by atoms with Crippen molar-refractivity contribution in [1.82, 2.24) is 0 Å². The highest BCUT2D eigenvalue weighted by Gasteiger charge is 2.22. The first-order valence-corrected chi connectivity index (χ1v) is 8.45. The van der Waals surface area contributed by atoms with Crippen molar-refractivity contribution < 1.29 is 14.8 Å². The number of hydrogen-bond donors (Lipinski definition) is 2. The summed E-state index contributed by atoms with van der Waals surface area (Å²) in [5.74, 6) is -1.07. The van der Waals surface area contributed by atoms with E-state index >= 15 is 0 Å². The highest BCUT2D eigenvalue weighted by molar-refractivity contribution is 6.42. The van der Waals surface area contributed by atoms with Gasteiger partial charge in [-0.05, 0) is 23.8 Å². The topological polar surface area (TPSA) is 92.5 Å². The Bertz CT molecular complexity index is 1040. The van der Waals surface area contributed by atoms with E-state index in [1.165, 1.54) is 24.3 Å². The van der Waals surface area contributed by atoms with Crippen molar-refractivity contribution in [1.29, 1.82) is 0 Å². The van der Waals surface area contributed by atoms with Crippen LogP contribution in [0, 0.1) is 10.1 Å². The van der Waals surface area contributed by atoms with E-state index in [4.69, 9.17) is 23.2 Å². The van der Waals surface area contributed by atoms with E-state index in [1.807, 2.05) is 0 Å². The molecule has 8 heteroatoms. The number of anilines is 1. The minimum atomic E-state index is -0.716. The van der Waals surface area contributed by atoms with Gasteiger partial charge in [0.25, 0.3) is 11.6 Å². The van der Waals surface area contributed by atoms with E-state index in [9.17, 15) is 20.0 Å². The summed E-state index contributed by atoms with van der Waals surface area (Å²) < 4.78 is 0. The fraction of sp³-hybridized carbons (Fsp3) is 0. The molecule has 27 heavy (non-hydrogen) atoms. The molecule has 3 aromatic rings. The van der Waals surface area contributed by atoms with Gasteiger partial charge < -0.3 is 10.4 Å². The molecular weight excluding hydrogens is 391 g/mol. The van der Waals surface area contributed by atoms with Crippen LogP contribution in [0.2, 0.25) is 10.0 Å². The van der Waals surface area contributed by atoms with Gasteiger partial charge in [-0.2, -0.15) is 0 Å². The number of nitro groups is 1. The van der Waals surface area contributed by atoms with Crippen molar-refractivity contribution in [3.8, 4) is 16.9 Å². The number of benzene rings is 3. The third-order valence-electron chi connectivity index (χ3n) is 3.81. The predicted molar refractivity (Wildman–Crippen MR) is 105 cm³/mol. The number of halogens is 2. The number of non-ortho nitro benzene ring substituents is 1. The van der Waals surface area contributed by atoms with Gasteiger partial charge in [0.05, 0.1) is 20.5 Å². The normalized spacial score (nSPS) is 10.4. The van der Waals surface area contributed by atoms with Crippen molar-refractivity contribution in [2.75, 3.05) is 5.32 Å². The van der Waals surface area contributed by atoms with Crippen molar-refractivity contribution in [2.24, 2.45) is 0 Å². The van der Waals surface area contributed by atoms with Crippen LogP contribution in [0.5, 0.6) is 5.75 Å². The molecule has 0 atom stereocenters. The SMILES string of the molecule is O=C(Nc1ccc(Cl)c(Cl)c1)c1cc([N+](=O)[O-])cc(-c2ccccc2)c1O. The Morgan fingerprint density at radius 2 is 1.70 bits per heavy atom. The second-order valence-electron chi connectivity index (χ2n) is 5.60. The van der Waals surface area contributed by atoms with E-state index in [0.717, 1.165) is 6.07 Å². The van der Waals surface area contributed by atoms with Crippen LogP contribution in [-0.4, -0.2) is 15.9 Å². The lowest BCUT2D eigenvalue weighted by Crippen LogP contribution is -2.13. The number of carbonyl (C=O) groups excluding carboxylic acids is 1. The fourth-order valence-corrected chi connectivity index (χ4v) is 2.81. The van der Waals surface area contributed by atoms with E-state index in [2.05, 4.69) is 5.32 Å². The van der Waals surface area contributed by atoms with Gasteiger partial charge in [0.2, 0.25) is 0 Å². The van der Waals surface area contributed by atoms with Crippen LogP contribution in [0.15, 0.2) is 60.7 Å². The van der Waals surface area contributed by atoms with Crippen molar-refractivity contribution in [2.45, 2.75) is 0 Å². The lowest BCUT2D eigenvalue weighted by atomic mass is 10.00. The molecule has 136 valence electrons. The molecular formula is C19H12Cl2N2O4. The van der Waals surface area contributed by atoms with Crippen molar-refractivity contribution >= 4 is 40.5 Å². The van der Waals surface area contributed by atoms with Gasteiger partial charge in [0.15, 0.2) is 0 Å². The Balaban J connectivity index is 2.05. The largest absolute Gasteiger partial charge is 0.506 e. The summed E-state index contributed by atoms with van der Waals surface area (Å²) in [6.45, 7) is 0. The molecule has 0 aliphatic heterocycles. The zero-order valence-electron chi connectivity index (χ0n) is 13.6. The van der Waals surface area contributed by atoms with E-state index in [-0.39, 0.29) is 27.6 Å². The summed E-state index contributed by atoms with van der Waals surface area (Å²) in [6, 6.07) is 15.3. The minimum absolute atomic E-state index is 0.184. The number of aromatic hydroxyl groups is 1. The molecule has 0 aliphatic rings. The zero-order chi connectivity index (χ0) is 19.6. The van der Waals surface area contributed by atoms with Crippen LogP contribution in [0.4, 0.5) is 11.4 Å². The molecule has 0 bridgehead atoms. The molecule has 1 amide bonds. The molecule has 0 fully saturated rings. The maximum absolute atomic E-state index is 12.6. The Labute approximate surface area is 164 Å². The second kappa shape index (κ2) is 7.65. The summed E-state index contributed by atoms with van der Waals surface area (Å²) in [4.78, 5) is 23.3. The Kier molecular flexibility index (Phi) is 5.30.